The first-order valence-corrected chi connectivity index (χ1v) is 16.5. The highest BCUT2D eigenvalue weighted by atomic mass is 16.6. The van der Waals surface area contributed by atoms with Crippen LogP contribution in [0.3, 0.4) is 0 Å². The molecule has 242 valence electrons. The van der Waals surface area contributed by atoms with Crippen molar-refractivity contribution < 1.29 is 38.2 Å². The molecule has 1 amide bonds. The summed E-state index contributed by atoms with van der Waals surface area (Å²) in [7, 11) is 0. The van der Waals surface area contributed by atoms with Gasteiger partial charge in [0.05, 0.1) is 25.0 Å². The zero-order valence-electron chi connectivity index (χ0n) is 27.2. The SMILES string of the molecule is CC(=O)OC(C(=O)CC1CC1)[C@@H]1CCCCCCCOC[C@H](CC(=O)OC(C)(C)C)C(=O)N2C[C@H]3[C@@H]([C@H]2C(=O)C1)C3(C)C. The van der Waals surface area contributed by atoms with Gasteiger partial charge in [-0.1, -0.05) is 39.5 Å². The number of fused-ring (bicyclic) bond motifs is 3. The molecule has 9 heteroatoms. The van der Waals surface area contributed by atoms with E-state index < -0.39 is 41.5 Å². The smallest absolute Gasteiger partial charge is 0.307 e. The molecule has 43 heavy (non-hydrogen) atoms. The molecule has 0 aromatic carbocycles. The second-order valence-corrected chi connectivity index (χ2v) is 15.1. The van der Waals surface area contributed by atoms with Crippen LogP contribution in [0.5, 0.6) is 0 Å². The number of nitrogens with zero attached hydrogens (tertiary/aromatic N) is 1. The molecule has 2 heterocycles. The Morgan fingerprint density at radius 1 is 1.00 bits per heavy atom. The quantitative estimate of drug-likeness (QED) is 0.371. The second kappa shape index (κ2) is 13.8. The van der Waals surface area contributed by atoms with E-state index in [1.54, 1.807) is 25.7 Å². The standard InChI is InChI=1S/C34H53NO8/c1-21(36)42-31(27(38)16-22-13-14-22)23-12-10-8-7-9-11-15-41-20-24(18-28(39)43-33(2,3)4)32(40)35-19-25-29(34(25,5)6)30(35)26(37)17-23/h22-25,29-31H,7-20H2,1-6H3/t23-,24+,25+,29+,30-,31?/m1/s1. The molecule has 4 rings (SSSR count). The first-order valence-electron chi connectivity index (χ1n) is 16.5. The molecule has 0 aromatic rings. The molecule has 0 N–H and O–H groups in total. The molecule has 4 fully saturated rings. The molecule has 0 radical (unpaired) electrons. The molecule has 0 bridgehead atoms. The average molecular weight is 604 g/mol. The lowest BCUT2D eigenvalue weighted by Crippen LogP contribution is -2.50. The van der Waals surface area contributed by atoms with Crippen molar-refractivity contribution in [3.8, 4) is 0 Å². The molecule has 2 aliphatic heterocycles. The van der Waals surface area contributed by atoms with Crippen molar-refractivity contribution in [3.05, 3.63) is 0 Å². The zero-order valence-corrected chi connectivity index (χ0v) is 27.2. The molecular formula is C34H53NO8. The van der Waals surface area contributed by atoms with Crippen molar-refractivity contribution >= 4 is 29.4 Å². The highest BCUT2D eigenvalue weighted by Crippen LogP contribution is 2.65. The number of amides is 1. The second-order valence-electron chi connectivity index (χ2n) is 15.1. The average Bonchev–Trinajstić information content (AvgIpc) is 3.74. The van der Waals surface area contributed by atoms with Gasteiger partial charge in [0.25, 0.3) is 0 Å². The summed E-state index contributed by atoms with van der Waals surface area (Å²) in [5, 5.41) is 0. The minimum absolute atomic E-state index is 0.0147. The lowest BCUT2D eigenvalue weighted by atomic mass is 9.84. The van der Waals surface area contributed by atoms with Gasteiger partial charge < -0.3 is 19.1 Å². The van der Waals surface area contributed by atoms with E-state index in [1.807, 2.05) is 0 Å². The van der Waals surface area contributed by atoms with Crippen molar-refractivity contribution in [2.45, 2.75) is 130 Å². The number of carbonyl (C=O) groups excluding carboxylic acids is 5. The predicted octanol–water partition coefficient (Wildman–Crippen LogP) is 5.06. The molecular weight excluding hydrogens is 550 g/mol. The largest absolute Gasteiger partial charge is 0.460 e. The normalized spacial score (nSPS) is 31.0. The van der Waals surface area contributed by atoms with Gasteiger partial charge in [0.15, 0.2) is 17.7 Å². The van der Waals surface area contributed by atoms with Gasteiger partial charge in [0.1, 0.15) is 5.60 Å². The summed E-state index contributed by atoms with van der Waals surface area (Å²) in [6, 6.07) is -0.638. The van der Waals surface area contributed by atoms with E-state index in [0.29, 0.717) is 31.9 Å². The van der Waals surface area contributed by atoms with Crippen LogP contribution in [0.15, 0.2) is 0 Å². The maximum atomic E-state index is 14.3. The van der Waals surface area contributed by atoms with E-state index in [-0.39, 0.29) is 54.2 Å². The number of piperidine rings is 1. The van der Waals surface area contributed by atoms with Gasteiger partial charge in [-0.2, -0.15) is 0 Å². The van der Waals surface area contributed by atoms with Crippen molar-refractivity contribution in [1.82, 2.24) is 4.90 Å². The van der Waals surface area contributed by atoms with Gasteiger partial charge in [-0.15, -0.1) is 0 Å². The van der Waals surface area contributed by atoms with Crippen molar-refractivity contribution in [2.75, 3.05) is 19.8 Å². The van der Waals surface area contributed by atoms with Crippen molar-refractivity contribution in [1.29, 1.82) is 0 Å². The zero-order chi connectivity index (χ0) is 31.5. The molecule has 0 aromatic heterocycles. The minimum atomic E-state index is -0.942. The van der Waals surface area contributed by atoms with E-state index in [2.05, 4.69) is 13.8 Å². The highest BCUT2D eigenvalue weighted by molar-refractivity contribution is 5.94. The number of Topliss-reactive ketones (excluding diaryl/α,β-unsaturated/α-hetero) is 2. The van der Waals surface area contributed by atoms with Gasteiger partial charge in [-0.05, 0) is 69.6 Å². The van der Waals surface area contributed by atoms with Gasteiger partial charge >= 0.3 is 11.9 Å². The van der Waals surface area contributed by atoms with Crippen molar-refractivity contribution in [2.24, 2.45) is 35.0 Å². The first kappa shape index (κ1) is 33.6. The Kier molecular flexibility index (Phi) is 10.8. The number of rotatable bonds is 7. The number of hydrogen-bond donors (Lipinski definition) is 0. The summed E-state index contributed by atoms with van der Waals surface area (Å²) in [6.07, 6.45) is 6.57. The van der Waals surface area contributed by atoms with Crippen molar-refractivity contribution in [3.63, 3.8) is 0 Å². The molecule has 6 atom stereocenters. The number of esters is 2. The number of carbonyl (C=O) groups is 5. The van der Waals surface area contributed by atoms with Crippen LogP contribution in [0.2, 0.25) is 0 Å². The Morgan fingerprint density at radius 2 is 1.67 bits per heavy atom. The highest BCUT2D eigenvalue weighted by Gasteiger charge is 2.69. The fraction of sp³-hybridized carbons (Fsp3) is 0.853. The van der Waals surface area contributed by atoms with Crippen LogP contribution in [0.1, 0.15) is 112 Å². The Bertz CT molecular complexity index is 1060. The third-order valence-electron chi connectivity index (χ3n) is 9.87. The fourth-order valence-electron chi connectivity index (χ4n) is 7.35. The first-order chi connectivity index (χ1) is 20.2. The maximum Gasteiger partial charge on any atom is 0.307 e. The van der Waals surface area contributed by atoms with Gasteiger partial charge in [0, 0.05) is 38.8 Å². The fourth-order valence-corrected chi connectivity index (χ4v) is 7.35. The lowest BCUT2D eigenvalue weighted by Gasteiger charge is -2.34. The number of hydrogen-bond acceptors (Lipinski definition) is 8. The molecule has 2 saturated carbocycles. The summed E-state index contributed by atoms with van der Waals surface area (Å²) in [6.45, 7) is 12.0. The van der Waals surface area contributed by atoms with Crippen LogP contribution in [-0.2, 0) is 38.2 Å². The monoisotopic (exact) mass is 603 g/mol. The summed E-state index contributed by atoms with van der Waals surface area (Å²) >= 11 is 0. The third-order valence-corrected chi connectivity index (χ3v) is 9.87. The van der Waals surface area contributed by atoms with Gasteiger partial charge in [-0.3, -0.25) is 24.0 Å². The van der Waals surface area contributed by atoms with Crippen LogP contribution in [0.4, 0.5) is 0 Å². The van der Waals surface area contributed by atoms with E-state index in [1.165, 1.54) is 6.92 Å². The summed E-state index contributed by atoms with van der Waals surface area (Å²) in [5.41, 5.74) is -0.761. The predicted molar refractivity (Wildman–Crippen MR) is 160 cm³/mol. The topological polar surface area (TPSA) is 116 Å². The Hall–Kier alpha value is -2.29. The van der Waals surface area contributed by atoms with E-state index in [0.717, 1.165) is 44.9 Å². The molecule has 0 spiro atoms. The summed E-state index contributed by atoms with van der Waals surface area (Å²) in [5.74, 6) is -2.03. The van der Waals surface area contributed by atoms with Crippen LogP contribution in [0, 0.1) is 35.0 Å². The molecule has 9 nitrogen and oxygen atoms in total. The minimum Gasteiger partial charge on any atom is -0.460 e. The Balaban J connectivity index is 1.60. The molecule has 2 aliphatic carbocycles. The number of ether oxygens (including phenoxy) is 3. The molecule has 2 saturated heterocycles. The van der Waals surface area contributed by atoms with Gasteiger partial charge in [0.2, 0.25) is 5.91 Å². The maximum absolute atomic E-state index is 14.3. The van der Waals surface area contributed by atoms with E-state index in [9.17, 15) is 24.0 Å². The van der Waals surface area contributed by atoms with E-state index in [4.69, 9.17) is 14.2 Å². The van der Waals surface area contributed by atoms with Gasteiger partial charge in [-0.25, -0.2) is 0 Å². The molecule has 1 unspecified atom stereocenters. The Labute approximate surface area is 257 Å². The van der Waals surface area contributed by atoms with Crippen LogP contribution >= 0.6 is 0 Å². The summed E-state index contributed by atoms with van der Waals surface area (Å²) in [4.78, 5) is 68.4. The molecule has 4 aliphatic rings. The van der Waals surface area contributed by atoms with Crippen LogP contribution in [-0.4, -0.2) is 71.8 Å². The van der Waals surface area contributed by atoms with Crippen LogP contribution < -0.4 is 0 Å². The summed E-state index contributed by atoms with van der Waals surface area (Å²) < 4.78 is 17.1. The van der Waals surface area contributed by atoms with E-state index >= 15 is 0 Å². The lowest BCUT2D eigenvalue weighted by molar-refractivity contribution is -0.160. The Morgan fingerprint density at radius 3 is 2.33 bits per heavy atom. The third kappa shape index (κ3) is 8.89. The van der Waals surface area contributed by atoms with Crippen LogP contribution in [0.25, 0.3) is 0 Å². The number of ketones is 2.